The van der Waals surface area contributed by atoms with Crippen molar-refractivity contribution in [2.24, 2.45) is 5.73 Å². The number of carbonyl (C=O) groups excluding carboxylic acids is 1. The van der Waals surface area contributed by atoms with Crippen LogP contribution in [0.1, 0.15) is 0 Å². The molecule has 0 bridgehead atoms. The van der Waals surface area contributed by atoms with Crippen LogP contribution >= 0.6 is 0 Å². The molecule has 0 heterocycles. The fourth-order valence-electron chi connectivity index (χ4n) is 0.342. The first-order valence-corrected chi connectivity index (χ1v) is 3.08. The van der Waals surface area contributed by atoms with E-state index in [9.17, 15) is 4.79 Å². The van der Waals surface area contributed by atoms with Gasteiger partial charge in [-0.25, -0.2) is 0 Å². The Kier molecular flexibility index (Phi) is 5.67. The van der Waals surface area contributed by atoms with Gasteiger partial charge in [0, 0.05) is 6.54 Å². The van der Waals surface area contributed by atoms with Crippen molar-refractivity contribution in [3.63, 3.8) is 0 Å². The standard InChI is InChI=1S/C5H12N2O4/c6-5(10)3-11-7-1-4(9)2-8/h4,7-9H,1-3H2,(H2,6,10). The predicted molar refractivity (Wildman–Crippen MR) is 36.2 cm³/mol. The number of nitrogens with two attached hydrogens (primary N) is 1. The summed E-state index contributed by atoms with van der Waals surface area (Å²) in [5.41, 5.74) is 6.98. The third-order valence-corrected chi connectivity index (χ3v) is 0.846. The van der Waals surface area contributed by atoms with E-state index in [1.54, 1.807) is 0 Å². The van der Waals surface area contributed by atoms with E-state index in [1.165, 1.54) is 0 Å². The highest BCUT2D eigenvalue weighted by molar-refractivity contribution is 5.74. The first kappa shape index (κ1) is 10.3. The zero-order valence-electron chi connectivity index (χ0n) is 5.99. The summed E-state index contributed by atoms with van der Waals surface area (Å²) in [6, 6.07) is 0. The fourth-order valence-corrected chi connectivity index (χ4v) is 0.342. The fraction of sp³-hybridized carbons (Fsp3) is 0.800. The number of amides is 1. The quantitative estimate of drug-likeness (QED) is 0.253. The normalized spacial score (nSPS) is 12.9. The minimum Gasteiger partial charge on any atom is -0.394 e. The molecule has 6 nitrogen and oxygen atoms in total. The lowest BCUT2D eigenvalue weighted by molar-refractivity contribution is -0.125. The van der Waals surface area contributed by atoms with Crippen LogP contribution in [-0.2, 0) is 9.63 Å². The van der Waals surface area contributed by atoms with Crippen LogP contribution in [0.25, 0.3) is 0 Å². The average Bonchev–Trinajstić information content (AvgIpc) is 1.97. The number of rotatable bonds is 6. The van der Waals surface area contributed by atoms with Crippen LogP contribution in [0.3, 0.4) is 0 Å². The summed E-state index contributed by atoms with van der Waals surface area (Å²) in [5, 5.41) is 17.0. The van der Waals surface area contributed by atoms with Gasteiger partial charge in [-0.2, -0.15) is 5.48 Å². The van der Waals surface area contributed by atoms with Crippen LogP contribution in [0.5, 0.6) is 0 Å². The van der Waals surface area contributed by atoms with Gasteiger partial charge < -0.3 is 15.9 Å². The summed E-state index contributed by atoms with van der Waals surface area (Å²) in [5.74, 6) is -0.601. The highest BCUT2D eigenvalue weighted by Gasteiger charge is 2.00. The Morgan fingerprint density at radius 3 is 2.82 bits per heavy atom. The molecule has 0 saturated heterocycles. The van der Waals surface area contributed by atoms with Crippen LogP contribution in [0, 0.1) is 0 Å². The highest BCUT2D eigenvalue weighted by atomic mass is 16.6. The van der Waals surface area contributed by atoms with E-state index in [0.29, 0.717) is 0 Å². The molecule has 0 aromatic heterocycles. The summed E-state index contributed by atoms with van der Waals surface area (Å²) in [6.45, 7) is -0.547. The number of aliphatic hydroxyl groups excluding tert-OH is 2. The molecule has 1 atom stereocenters. The minimum atomic E-state index is -0.886. The lowest BCUT2D eigenvalue weighted by Crippen LogP contribution is -2.32. The number of carbonyl (C=O) groups is 1. The summed E-state index contributed by atoms with van der Waals surface area (Å²) in [6.07, 6.45) is -0.886. The summed E-state index contributed by atoms with van der Waals surface area (Å²) >= 11 is 0. The minimum absolute atomic E-state index is 0.0593. The molecule has 6 heteroatoms. The Morgan fingerprint density at radius 2 is 2.36 bits per heavy atom. The second-order valence-electron chi connectivity index (χ2n) is 1.94. The molecule has 0 aliphatic heterocycles. The van der Waals surface area contributed by atoms with Gasteiger partial charge in [0.15, 0.2) is 0 Å². The number of aliphatic hydroxyl groups is 2. The summed E-state index contributed by atoms with van der Waals surface area (Å²) < 4.78 is 0. The molecule has 0 rings (SSSR count). The molecule has 1 unspecified atom stereocenters. The third-order valence-electron chi connectivity index (χ3n) is 0.846. The van der Waals surface area contributed by atoms with E-state index in [-0.39, 0.29) is 19.8 Å². The molecule has 0 spiro atoms. The number of hydroxylamine groups is 1. The van der Waals surface area contributed by atoms with Gasteiger partial charge in [0.2, 0.25) is 5.91 Å². The Morgan fingerprint density at radius 1 is 1.73 bits per heavy atom. The molecule has 5 N–H and O–H groups in total. The van der Waals surface area contributed by atoms with E-state index in [1.807, 2.05) is 0 Å². The largest absolute Gasteiger partial charge is 0.394 e. The van der Waals surface area contributed by atoms with E-state index in [0.717, 1.165) is 0 Å². The lowest BCUT2D eigenvalue weighted by Gasteiger charge is -2.07. The summed E-state index contributed by atoms with van der Waals surface area (Å²) in [4.78, 5) is 14.5. The third kappa shape index (κ3) is 7.20. The van der Waals surface area contributed by atoms with Crippen LogP contribution < -0.4 is 11.2 Å². The average molecular weight is 164 g/mol. The van der Waals surface area contributed by atoms with E-state index < -0.39 is 12.0 Å². The number of primary amides is 1. The zero-order valence-corrected chi connectivity index (χ0v) is 5.99. The van der Waals surface area contributed by atoms with Gasteiger partial charge in [0.05, 0.1) is 12.7 Å². The first-order chi connectivity index (χ1) is 5.16. The van der Waals surface area contributed by atoms with Crippen molar-refractivity contribution in [1.82, 2.24) is 5.48 Å². The van der Waals surface area contributed by atoms with Gasteiger partial charge in [-0.05, 0) is 0 Å². The van der Waals surface area contributed by atoms with Crippen molar-refractivity contribution in [3.8, 4) is 0 Å². The Hall–Kier alpha value is -0.690. The van der Waals surface area contributed by atoms with E-state index >= 15 is 0 Å². The smallest absolute Gasteiger partial charge is 0.245 e. The van der Waals surface area contributed by atoms with Crippen LogP contribution in [-0.4, -0.2) is 42.0 Å². The van der Waals surface area contributed by atoms with Crippen molar-refractivity contribution in [3.05, 3.63) is 0 Å². The molecule has 0 aromatic rings. The topological polar surface area (TPSA) is 105 Å². The summed E-state index contributed by atoms with van der Waals surface area (Å²) in [7, 11) is 0. The molecule has 1 amide bonds. The van der Waals surface area contributed by atoms with Crippen molar-refractivity contribution in [2.45, 2.75) is 6.10 Å². The van der Waals surface area contributed by atoms with Crippen molar-refractivity contribution < 1.29 is 19.8 Å². The van der Waals surface area contributed by atoms with Gasteiger partial charge in [-0.15, -0.1) is 0 Å². The van der Waals surface area contributed by atoms with Gasteiger partial charge in [0.1, 0.15) is 6.61 Å². The van der Waals surface area contributed by atoms with Crippen molar-refractivity contribution >= 4 is 5.91 Å². The molecular formula is C5H12N2O4. The second kappa shape index (κ2) is 6.05. The molecule has 0 radical (unpaired) electrons. The molecule has 0 aliphatic carbocycles. The molecule has 0 saturated carbocycles. The highest BCUT2D eigenvalue weighted by Crippen LogP contribution is 1.76. The Balaban J connectivity index is 3.08. The second-order valence-corrected chi connectivity index (χ2v) is 1.94. The maximum absolute atomic E-state index is 10.1. The van der Waals surface area contributed by atoms with Gasteiger partial charge in [0.25, 0.3) is 0 Å². The molecule has 11 heavy (non-hydrogen) atoms. The number of nitrogens with one attached hydrogen (secondary N) is 1. The maximum atomic E-state index is 10.1. The maximum Gasteiger partial charge on any atom is 0.245 e. The molecule has 0 fully saturated rings. The Bertz CT molecular complexity index is 119. The van der Waals surface area contributed by atoms with Gasteiger partial charge >= 0.3 is 0 Å². The van der Waals surface area contributed by atoms with Crippen LogP contribution in [0.15, 0.2) is 0 Å². The molecule has 66 valence electrons. The van der Waals surface area contributed by atoms with Gasteiger partial charge in [-0.1, -0.05) is 0 Å². The van der Waals surface area contributed by atoms with Crippen molar-refractivity contribution in [2.75, 3.05) is 19.8 Å². The predicted octanol–water partition coefficient (Wildman–Crippen LogP) is -2.65. The number of hydrogen-bond donors (Lipinski definition) is 4. The zero-order chi connectivity index (χ0) is 8.69. The Labute approximate surface area is 63.9 Å². The monoisotopic (exact) mass is 164 g/mol. The van der Waals surface area contributed by atoms with E-state index in [2.05, 4.69) is 10.3 Å². The van der Waals surface area contributed by atoms with Crippen LogP contribution in [0.2, 0.25) is 0 Å². The van der Waals surface area contributed by atoms with Crippen molar-refractivity contribution in [1.29, 1.82) is 0 Å². The van der Waals surface area contributed by atoms with Gasteiger partial charge in [-0.3, -0.25) is 9.63 Å². The van der Waals surface area contributed by atoms with E-state index in [4.69, 9.17) is 15.9 Å². The molecular weight excluding hydrogens is 152 g/mol. The lowest BCUT2D eigenvalue weighted by atomic mass is 10.4. The first-order valence-electron chi connectivity index (χ1n) is 3.08. The molecule has 0 aliphatic rings. The van der Waals surface area contributed by atoms with Crippen LogP contribution in [0.4, 0.5) is 0 Å². The SMILES string of the molecule is NC(=O)CONCC(O)CO. The number of hydrogen-bond acceptors (Lipinski definition) is 5. The molecule has 0 aromatic carbocycles.